The van der Waals surface area contributed by atoms with Crippen molar-refractivity contribution in [3.8, 4) is 5.75 Å². The lowest BCUT2D eigenvalue weighted by Crippen LogP contribution is -2.00. The fourth-order valence-corrected chi connectivity index (χ4v) is 2.22. The summed E-state index contributed by atoms with van der Waals surface area (Å²) in [4.78, 5) is 0. The van der Waals surface area contributed by atoms with Gasteiger partial charge in [0.15, 0.2) is 0 Å². The Kier molecular flexibility index (Phi) is 3.16. The van der Waals surface area contributed by atoms with Crippen molar-refractivity contribution in [3.63, 3.8) is 0 Å². The van der Waals surface area contributed by atoms with Gasteiger partial charge >= 0.3 is 0 Å². The Bertz CT molecular complexity index is 748. The Morgan fingerprint density at radius 1 is 1.15 bits per heavy atom. The molecule has 1 unspecified atom stereocenters. The molecule has 1 aromatic heterocycles. The first kappa shape index (κ1) is 12.7. The quantitative estimate of drug-likeness (QED) is 0.791. The maximum absolute atomic E-state index is 13.2. The molecule has 1 atom stereocenters. The molecule has 3 aromatic rings. The van der Waals surface area contributed by atoms with E-state index < -0.39 is 6.10 Å². The van der Waals surface area contributed by atoms with Crippen molar-refractivity contribution in [2.75, 3.05) is 7.11 Å². The molecule has 4 heteroatoms. The smallest absolute Gasteiger partial charge is 0.140 e. The Morgan fingerprint density at radius 3 is 2.75 bits per heavy atom. The van der Waals surface area contributed by atoms with Crippen LogP contribution in [0.1, 0.15) is 17.4 Å². The third-order valence-electron chi connectivity index (χ3n) is 3.20. The van der Waals surface area contributed by atoms with Crippen LogP contribution in [0.25, 0.3) is 11.0 Å². The lowest BCUT2D eigenvalue weighted by atomic mass is 10.1. The molecule has 0 aliphatic carbocycles. The van der Waals surface area contributed by atoms with Crippen LogP contribution in [0.5, 0.6) is 5.75 Å². The molecule has 0 aliphatic heterocycles. The zero-order chi connectivity index (χ0) is 14.1. The Balaban J connectivity index is 2.05. The van der Waals surface area contributed by atoms with Crippen molar-refractivity contribution in [1.82, 2.24) is 0 Å². The zero-order valence-electron chi connectivity index (χ0n) is 10.8. The van der Waals surface area contributed by atoms with Crippen LogP contribution in [0.3, 0.4) is 0 Å². The van der Waals surface area contributed by atoms with Gasteiger partial charge < -0.3 is 14.3 Å². The number of aliphatic hydroxyl groups is 1. The van der Waals surface area contributed by atoms with E-state index in [0.717, 1.165) is 0 Å². The molecule has 20 heavy (non-hydrogen) atoms. The van der Waals surface area contributed by atoms with Gasteiger partial charge in [-0.05, 0) is 30.3 Å². The summed E-state index contributed by atoms with van der Waals surface area (Å²) in [7, 11) is 1.54. The van der Waals surface area contributed by atoms with Crippen molar-refractivity contribution in [3.05, 3.63) is 65.7 Å². The number of halogens is 1. The highest BCUT2D eigenvalue weighted by molar-refractivity contribution is 5.78. The number of rotatable bonds is 3. The Hall–Kier alpha value is -2.33. The largest absolute Gasteiger partial charge is 0.496 e. The number of ether oxygens (including phenoxy) is 1. The minimum atomic E-state index is -0.957. The predicted octanol–water partition coefficient (Wildman–Crippen LogP) is 3.66. The van der Waals surface area contributed by atoms with Crippen LogP contribution in [0.2, 0.25) is 0 Å². The molecule has 1 heterocycles. The number of methoxy groups -OCH3 is 1. The van der Waals surface area contributed by atoms with E-state index >= 15 is 0 Å². The minimum absolute atomic E-state index is 0.336. The van der Waals surface area contributed by atoms with Crippen LogP contribution in [0.15, 0.2) is 52.9 Å². The van der Waals surface area contributed by atoms with Gasteiger partial charge in [-0.25, -0.2) is 4.39 Å². The van der Waals surface area contributed by atoms with Gasteiger partial charge in [0, 0.05) is 10.9 Å². The lowest BCUT2D eigenvalue weighted by Gasteiger charge is -2.12. The number of hydrogen-bond donors (Lipinski definition) is 1. The Morgan fingerprint density at radius 2 is 1.95 bits per heavy atom. The second-order valence-electron chi connectivity index (χ2n) is 4.48. The van der Waals surface area contributed by atoms with Crippen molar-refractivity contribution >= 4 is 11.0 Å². The highest BCUT2D eigenvalue weighted by atomic mass is 19.1. The molecular formula is C16H13FO3. The van der Waals surface area contributed by atoms with Crippen LogP contribution < -0.4 is 4.74 Å². The van der Waals surface area contributed by atoms with Crippen LogP contribution in [0, 0.1) is 5.82 Å². The van der Waals surface area contributed by atoms with E-state index in [9.17, 15) is 9.50 Å². The van der Waals surface area contributed by atoms with E-state index in [1.165, 1.54) is 12.1 Å². The van der Waals surface area contributed by atoms with Gasteiger partial charge in [0.05, 0.1) is 7.11 Å². The van der Waals surface area contributed by atoms with Gasteiger partial charge in [-0.3, -0.25) is 0 Å². The fraction of sp³-hybridized carbons (Fsp3) is 0.125. The second-order valence-corrected chi connectivity index (χ2v) is 4.48. The summed E-state index contributed by atoms with van der Waals surface area (Å²) in [6.45, 7) is 0. The number of fused-ring (bicyclic) bond motifs is 1. The van der Waals surface area contributed by atoms with Crippen molar-refractivity contribution in [2.45, 2.75) is 6.10 Å². The maximum atomic E-state index is 13.2. The third-order valence-corrected chi connectivity index (χ3v) is 3.20. The highest BCUT2D eigenvalue weighted by Crippen LogP contribution is 2.32. The van der Waals surface area contributed by atoms with Crippen LogP contribution >= 0.6 is 0 Å². The highest BCUT2D eigenvalue weighted by Gasteiger charge is 2.19. The zero-order valence-corrected chi connectivity index (χ0v) is 10.8. The SMILES string of the molecule is COc1ccccc1C(O)c1cc2cc(F)ccc2o1. The van der Waals surface area contributed by atoms with Crippen LogP contribution in [-0.4, -0.2) is 12.2 Å². The molecule has 0 saturated heterocycles. The average molecular weight is 272 g/mol. The normalized spacial score (nSPS) is 12.6. The summed E-state index contributed by atoms with van der Waals surface area (Å²) in [6, 6.07) is 13.0. The molecule has 0 aliphatic rings. The molecule has 0 amide bonds. The molecule has 3 rings (SSSR count). The standard InChI is InChI=1S/C16H13FO3/c1-19-14-5-3-2-4-12(14)16(18)15-9-10-8-11(17)6-7-13(10)20-15/h2-9,16,18H,1H3. The summed E-state index contributed by atoms with van der Waals surface area (Å²) in [5, 5.41) is 11.0. The van der Waals surface area contributed by atoms with Crippen LogP contribution in [-0.2, 0) is 0 Å². The number of furan rings is 1. The van der Waals surface area contributed by atoms with E-state index in [1.54, 1.807) is 31.4 Å². The first-order valence-corrected chi connectivity index (χ1v) is 6.19. The van der Waals surface area contributed by atoms with Gasteiger partial charge in [0.25, 0.3) is 0 Å². The van der Waals surface area contributed by atoms with E-state index in [2.05, 4.69) is 0 Å². The molecular weight excluding hydrogens is 259 g/mol. The molecule has 0 radical (unpaired) electrons. The molecule has 1 N–H and O–H groups in total. The van der Waals surface area contributed by atoms with Gasteiger partial charge in [0.2, 0.25) is 0 Å². The summed E-state index contributed by atoms with van der Waals surface area (Å²) < 4.78 is 24.0. The van der Waals surface area contributed by atoms with Gasteiger partial charge in [-0.15, -0.1) is 0 Å². The number of hydrogen-bond acceptors (Lipinski definition) is 3. The van der Waals surface area contributed by atoms with E-state index in [-0.39, 0.29) is 5.82 Å². The summed E-state index contributed by atoms with van der Waals surface area (Å²) in [5.74, 6) is 0.596. The predicted molar refractivity (Wildman–Crippen MR) is 73.2 cm³/mol. The average Bonchev–Trinajstić information content (AvgIpc) is 2.89. The molecule has 0 bridgehead atoms. The third kappa shape index (κ3) is 2.14. The van der Waals surface area contributed by atoms with E-state index in [0.29, 0.717) is 28.0 Å². The van der Waals surface area contributed by atoms with Crippen LogP contribution in [0.4, 0.5) is 4.39 Å². The summed E-state index contributed by atoms with van der Waals surface area (Å²) in [6.07, 6.45) is -0.957. The molecule has 2 aromatic carbocycles. The number of benzene rings is 2. The van der Waals surface area contributed by atoms with Crippen molar-refractivity contribution in [2.24, 2.45) is 0 Å². The fourth-order valence-electron chi connectivity index (χ4n) is 2.22. The first-order chi connectivity index (χ1) is 9.69. The van der Waals surface area contributed by atoms with Crippen molar-refractivity contribution < 1.29 is 18.7 Å². The van der Waals surface area contributed by atoms with Gasteiger partial charge in [0.1, 0.15) is 29.0 Å². The summed E-state index contributed by atoms with van der Waals surface area (Å²) in [5.41, 5.74) is 1.14. The molecule has 0 saturated carbocycles. The minimum Gasteiger partial charge on any atom is -0.496 e. The molecule has 3 nitrogen and oxygen atoms in total. The first-order valence-electron chi connectivity index (χ1n) is 6.19. The second kappa shape index (κ2) is 4.98. The molecule has 102 valence electrons. The van der Waals surface area contributed by atoms with E-state index in [4.69, 9.17) is 9.15 Å². The van der Waals surface area contributed by atoms with E-state index in [1.807, 2.05) is 12.1 Å². The van der Waals surface area contributed by atoms with Gasteiger partial charge in [-0.2, -0.15) is 0 Å². The molecule has 0 fully saturated rings. The number of para-hydroxylation sites is 1. The topological polar surface area (TPSA) is 42.6 Å². The maximum Gasteiger partial charge on any atom is 0.140 e. The Labute approximate surface area is 115 Å². The van der Waals surface area contributed by atoms with Crippen molar-refractivity contribution in [1.29, 1.82) is 0 Å². The monoisotopic (exact) mass is 272 g/mol. The van der Waals surface area contributed by atoms with Gasteiger partial charge in [-0.1, -0.05) is 18.2 Å². The molecule has 0 spiro atoms. The lowest BCUT2D eigenvalue weighted by molar-refractivity contribution is 0.188. The number of aliphatic hydroxyl groups excluding tert-OH is 1. The summed E-state index contributed by atoms with van der Waals surface area (Å²) >= 11 is 0.